The summed E-state index contributed by atoms with van der Waals surface area (Å²) in [4.78, 5) is 0. The molecule has 4 heteroatoms. The standard InChI is InChI=1S/C13H23N3S/c1-9(2)7-12-15-16-13(17-12)14-11-6-4-5-10(3)8-11/h9-11H,4-8H2,1-3H3,(H,14,16). The number of aromatic nitrogens is 2. The van der Waals surface area contributed by atoms with Crippen LogP contribution in [0.4, 0.5) is 5.13 Å². The first-order chi connectivity index (χ1) is 8.13. The Morgan fingerprint density at radius 2 is 2.18 bits per heavy atom. The molecule has 0 bridgehead atoms. The van der Waals surface area contributed by atoms with Gasteiger partial charge in [-0.05, 0) is 24.7 Å². The molecule has 1 aliphatic carbocycles. The Morgan fingerprint density at radius 3 is 2.88 bits per heavy atom. The topological polar surface area (TPSA) is 37.8 Å². The minimum absolute atomic E-state index is 0.610. The van der Waals surface area contributed by atoms with Crippen LogP contribution in [0, 0.1) is 11.8 Å². The van der Waals surface area contributed by atoms with Crippen LogP contribution in [0.1, 0.15) is 51.5 Å². The maximum absolute atomic E-state index is 4.25. The van der Waals surface area contributed by atoms with Crippen LogP contribution in [-0.4, -0.2) is 16.2 Å². The Balaban J connectivity index is 1.87. The second kappa shape index (κ2) is 5.80. The van der Waals surface area contributed by atoms with Crippen molar-refractivity contribution in [3.05, 3.63) is 5.01 Å². The lowest BCUT2D eigenvalue weighted by atomic mass is 9.87. The number of nitrogens with one attached hydrogen (secondary N) is 1. The quantitative estimate of drug-likeness (QED) is 0.888. The highest BCUT2D eigenvalue weighted by molar-refractivity contribution is 7.15. The van der Waals surface area contributed by atoms with E-state index in [-0.39, 0.29) is 0 Å². The van der Waals surface area contributed by atoms with Crippen LogP contribution >= 0.6 is 11.3 Å². The SMILES string of the molecule is CC(C)Cc1nnc(NC2CCCC(C)C2)s1. The number of anilines is 1. The van der Waals surface area contributed by atoms with E-state index in [0.717, 1.165) is 22.5 Å². The molecule has 2 unspecified atom stereocenters. The fourth-order valence-electron chi connectivity index (χ4n) is 2.48. The van der Waals surface area contributed by atoms with E-state index >= 15 is 0 Å². The molecule has 0 radical (unpaired) electrons. The number of hydrogen-bond acceptors (Lipinski definition) is 4. The van der Waals surface area contributed by atoms with Gasteiger partial charge in [0.25, 0.3) is 0 Å². The molecular formula is C13H23N3S. The molecule has 1 heterocycles. The van der Waals surface area contributed by atoms with Gasteiger partial charge in [0.1, 0.15) is 5.01 Å². The van der Waals surface area contributed by atoms with E-state index in [1.165, 1.54) is 25.7 Å². The molecule has 1 saturated carbocycles. The van der Waals surface area contributed by atoms with Crippen LogP contribution in [0.25, 0.3) is 0 Å². The normalized spacial score (nSPS) is 25.2. The van der Waals surface area contributed by atoms with Crippen molar-refractivity contribution in [2.75, 3.05) is 5.32 Å². The fraction of sp³-hybridized carbons (Fsp3) is 0.846. The number of rotatable bonds is 4. The zero-order valence-electron chi connectivity index (χ0n) is 11.1. The summed E-state index contributed by atoms with van der Waals surface area (Å²) in [6, 6.07) is 0.610. The maximum Gasteiger partial charge on any atom is 0.205 e. The third kappa shape index (κ3) is 3.95. The second-order valence-electron chi connectivity index (χ2n) is 5.71. The van der Waals surface area contributed by atoms with Crippen molar-refractivity contribution >= 4 is 16.5 Å². The molecule has 0 aliphatic heterocycles. The summed E-state index contributed by atoms with van der Waals surface area (Å²) in [5.41, 5.74) is 0. The van der Waals surface area contributed by atoms with Gasteiger partial charge >= 0.3 is 0 Å². The van der Waals surface area contributed by atoms with Crippen LogP contribution in [0.15, 0.2) is 0 Å². The molecule has 0 spiro atoms. The van der Waals surface area contributed by atoms with Gasteiger partial charge in [-0.25, -0.2) is 0 Å². The van der Waals surface area contributed by atoms with Crippen molar-refractivity contribution in [3.8, 4) is 0 Å². The fourth-order valence-corrected chi connectivity index (χ4v) is 3.51. The van der Waals surface area contributed by atoms with Gasteiger partial charge in [-0.15, -0.1) is 10.2 Å². The molecule has 0 amide bonds. The largest absolute Gasteiger partial charge is 0.357 e. The van der Waals surface area contributed by atoms with Crippen LogP contribution in [0.3, 0.4) is 0 Å². The third-order valence-corrected chi connectivity index (χ3v) is 4.19. The number of nitrogens with zero attached hydrogens (tertiary/aromatic N) is 2. The summed E-state index contributed by atoms with van der Waals surface area (Å²) < 4.78 is 0. The summed E-state index contributed by atoms with van der Waals surface area (Å²) >= 11 is 1.72. The van der Waals surface area contributed by atoms with Crippen molar-refractivity contribution in [2.45, 2.75) is 58.9 Å². The smallest absolute Gasteiger partial charge is 0.205 e. The highest BCUT2D eigenvalue weighted by Crippen LogP contribution is 2.27. The molecule has 2 atom stereocenters. The zero-order valence-corrected chi connectivity index (χ0v) is 11.9. The van der Waals surface area contributed by atoms with Gasteiger partial charge in [-0.3, -0.25) is 0 Å². The van der Waals surface area contributed by atoms with E-state index < -0.39 is 0 Å². The van der Waals surface area contributed by atoms with Gasteiger partial charge in [0.15, 0.2) is 0 Å². The van der Waals surface area contributed by atoms with Gasteiger partial charge in [0.2, 0.25) is 5.13 Å². The van der Waals surface area contributed by atoms with Crippen LogP contribution < -0.4 is 5.32 Å². The summed E-state index contributed by atoms with van der Waals surface area (Å²) in [6.45, 7) is 6.78. The van der Waals surface area contributed by atoms with Crippen molar-refractivity contribution in [2.24, 2.45) is 11.8 Å². The summed E-state index contributed by atoms with van der Waals surface area (Å²) in [7, 11) is 0. The van der Waals surface area contributed by atoms with Gasteiger partial charge in [-0.2, -0.15) is 0 Å². The predicted octanol–water partition coefficient (Wildman–Crippen LogP) is 3.73. The third-order valence-electron chi connectivity index (χ3n) is 3.31. The minimum Gasteiger partial charge on any atom is -0.357 e. The van der Waals surface area contributed by atoms with Gasteiger partial charge < -0.3 is 5.32 Å². The first-order valence-electron chi connectivity index (χ1n) is 6.72. The summed E-state index contributed by atoms with van der Waals surface area (Å²) in [5, 5.41) is 14.2. The Morgan fingerprint density at radius 1 is 1.35 bits per heavy atom. The highest BCUT2D eigenvalue weighted by Gasteiger charge is 2.19. The van der Waals surface area contributed by atoms with Crippen molar-refractivity contribution in [1.82, 2.24) is 10.2 Å². The first kappa shape index (κ1) is 12.8. The van der Waals surface area contributed by atoms with Crippen LogP contribution in [0.5, 0.6) is 0 Å². The van der Waals surface area contributed by atoms with Gasteiger partial charge in [0.05, 0.1) is 0 Å². The highest BCUT2D eigenvalue weighted by atomic mass is 32.1. The van der Waals surface area contributed by atoms with E-state index in [0.29, 0.717) is 12.0 Å². The molecular weight excluding hydrogens is 230 g/mol. The molecule has 1 fully saturated rings. The zero-order chi connectivity index (χ0) is 12.3. The van der Waals surface area contributed by atoms with Crippen molar-refractivity contribution < 1.29 is 0 Å². The average Bonchev–Trinajstić information content (AvgIpc) is 2.64. The molecule has 1 aromatic heterocycles. The van der Waals surface area contributed by atoms with E-state index in [1.54, 1.807) is 11.3 Å². The summed E-state index contributed by atoms with van der Waals surface area (Å²) in [6.07, 6.45) is 6.33. The Labute approximate surface area is 108 Å². The predicted molar refractivity (Wildman–Crippen MR) is 73.5 cm³/mol. The van der Waals surface area contributed by atoms with Gasteiger partial charge in [0, 0.05) is 12.5 Å². The molecule has 1 aromatic rings. The molecule has 1 aliphatic rings. The van der Waals surface area contributed by atoms with Crippen LogP contribution in [0.2, 0.25) is 0 Å². The molecule has 17 heavy (non-hydrogen) atoms. The number of hydrogen-bond donors (Lipinski definition) is 1. The van der Waals surface area contributed by atoms with E-state index in [2.05, 4.69) is 36.3 Å². The second-order valence-corrected chi connectivity index (χ2v) is 6.77. The lowest BCUT2D eigenvalue weighted by Gasteiger charge is -2.26. The Bertz CT molecular complexity index is 348. The van der Waals surface area contributed by atoms with Crippen molar-refractivity contribution in [1.29, 1.82) is 0 Å². The maximum atomic E-state index is 4.25. The lowest BCUT2D eigenvalue weighted by molar-refractivity contribution is 0.358. The Kier molecular flexibility index (Phi) is 4.37. The molecule has 2 rings (SSSR count). The van der Waals surface area contributed by atoms with E-state index in [4.69, 9.17) is 0 Å². The molecule has 1 N–H and O–H groups in total. The molecule has 96 valence electrons. The minimum atomic E-state index is 0.610. The monoisotopic (exact) mass is 253 g/mol. The van der Waals surface area contributed by atoms with Gasteiger partial charge in [-0.1, -0.05) is 44.9 Å². The first-order valence-corrected chi connectivity index (χ1v) is 7.54. The molecule has 0 aromatic carbocycles. The van der Waals surface area contributed by atoms with Crippen LogP contribution in [-0.2, 0) is 6.42 Å². The summed E-state index contributed by atoms with van der Waals surface area (Å²) in [5.74, 6) is 1.51. The molecule has 3 nitrogen and oxygen atoms in total. The van der Waals surface area contributed by atoms with Crippen molar-refractivity contribution in [3.63, 3.8) is 0 Å². The Hall–Kier alpha value is -0.640. The average molecular weight is 253 g/mol. The van der Waals surface area contributed by atoms with E-state index in [1.807, 2.05) is 0 Å². The molecule has 0 saturated heterocycles. The lowest BCUT2D eigenvalue weighted by Crippen LogP contribution is -2.26. The van der Waals surface area contributed by atoms with E-state index in [9.17, 15) is 0 Å².